The second-order valence-electron chi connectivity index (χ2n) is 8.47. The van der Waals surface area contributed by atoms with Crippen LogP contribution in [0.3, 0.4) is 0 Å². The van der Waals surface area contributed by atoms with Gasteiger partial charge in [0.05, 0.1) is 13.0 Å². The van der Waals surface area contributed by atoms with Crippen molar-refractivity contribution in [2.75, 3.05) is 20.2 Å². The molecule has 33 heavy (non-hydrogen) atoms. The van der Waals surface area contributed by atoms with E-state index in [0.717, 1.165) is 23.3 Å². The van der Waals surface area contributed by atoms with Crippen LogP contribution in [0.2, 0.25) is 0 Å². The van der Waals surface area contributed by atoms with Crippen molar-refractivity contribution in [2.45, 2.75) is 25.9 Å². The van der Waals surface area contributed by atoms with Crippen molar-refractivity contribution >= 4 is 11.8 Å². The van der Waals surface area contributed by atoms with Gasteiger partial charge in [0.1, 0.15) is 5.75 Å². The van der Waals surface area contributed by atoms with Gasteiger partial charge in [-0.3, -0.25) is 9.59 Å². The van der Waals surface area contributed by atoms with Crippen LogP contribution in [0.4, 0.5) is 0 Å². The van der Waals surface area contributed by atoms with E-state index in [1.807, 2.05) is 77.7 Å². The van der Waals surface area contributed by atoms with E-state index in [0.29, 0.717) is 26.2 Å². The van der Waals surface area contributed by atoms with Crippen LogP contribution in [0.1, 0.15) is 23.1 Å². The van der Waals surface area contributed by atoms with Gasteiger partial charge in [0.15, 0.2) is 0 Å². The SMILES string of the molecule is COc1ccccc1CN1C[C@@H](C(=O)N(CCc2ccccc2)Cc2ccccc2)CC1=O. The number of nitrogens with zero attached hydrogens (tertiary/aromatic N) is 2. The van der Waals surface area contributed by atoms with Gasteiger partial charge in [-0.25, -0.2) is 0 Å². The number of carbonyl (C=O) groups excluding carboxylic acids is 2. The molecule has 4 rings (SSSR count). The number of methoxy groups -OCH3 is 1. The summed E-state index contributed by atoms with van der Waals surface area (Å²) in [6.07, 6.45) is 1.04. The zero-order valence-electron chi connectivity index (χ0n) is 19.0. The second kappa shape index (κ2) is 10.8. The first-order chi connectivity index (χ1) is 16.1. The Morgan fingerprint density at radius 2 is 1.58 bits per heavy atom. The first kappa shape index (κ1) is 22.6. The van der Waals surface area contributed by atoms with Crippen LogP contribution in [0.25, 0.3) is 0 Å². The van der Waals surface area contributed by atoms with Gasteiger partial charge in [0.2, 0.25) is 11.8 Å². The van der Waals surface area contributed by atoms with Crippen molar-refractivity contribution in [3.05, 3.63) is 102 Å². The van der Waals surface area contributed by atoms with Gasteiger partial charge in [-0.1, -0.05) is 78.9 Å². The fourth-order valence-corrected chi connectivity index (χ4v) is 4.37. The van der Waals surface area contributed by atoms with Crippen molar-refractivity contribution in [1.82, 2.24) is 9.80 Å². The molecule has 1 saturated heterocycles. The Labute approximate surface area is 195 Å². The lowest BCUT2D eigenvalue weighted by atomic mass is 10.1. The maximum atomic E-state index is 13.6. The van der Waals surface area contributed by atoms with Crippen LogP contribution in [-0.4, -0.2) is 41.8 Å². The molecule has 1 heterocycles. The van der Waals surface area contributed by atoms with Crippen LogP contribution in [0, 0.1) is 5.92 Å². The topological polar surface area (TPSA) is 49.9 Å². The smallest absolute Gasteiger partial charge is 0.228 e. The Bertz CT molecular complexity index is 1070. The largest absolute Gasteiger partial charge is 0.496 e. The van der Waals surface area contributed by atoms with Crippen molar-refractivity contribution in [3.63, 3.8) is 0 Å². The molecule has 5 nitrogen and oxygen atoms in total. The monoisotopic (exact) mass is 442 g/mol. The predicted octanol–water partition coefficient (Wildman–Crippen LogP) is 4.32. The number of hydrogen-bond acceptors (Lipinski definition) is 3. The molecule has 2 amide bonds. The summed E-state index contributed by atoms with van der Waals surface area (Å²) < 4.78 is 5.43. The van der Waals surface area contributed by atoms with Crippen molar-refractivity contribution in [1.29, 1.82) is 0 Å². The molecule has 1 aliphatic heterocycles. The van der Waals surface area contributed by atoms with Crippen LogP contribution in [-0.2, 0) is 29.1 Å². The lowest BCUT2D eigenvalue weighted by Crippen LogP contribution is -2.38. The summed E-state index contributed by atoms with van der Waals surface area (Å²) in [4.78, 5) is 30.0. The van der Waals surface area contributed by atoms with Crippen LogP contribution >= 0.6 is 0 Å². The first-order valence-electron chi connectivity index (χ1n) is 11.4. The third kappa shape index (κ3) is 5.80. The van der Waals surface area contributed by atoms with Gasteiger partial charge >= 0.3 is 0 Å². The molecule has 170 valence electrons. The zero-order chi connectivity index (χ0) is 23.0. The maximum absolute atomic E-state index is 13.6. The van der Waals surface area contributed by atoms with Crippen molar-refractivity contribution < 1.29 is 14.3 Å². The molecule has 0 aliphatic carbocycles. The summed E-state index contributed by atoms with van der Waals surface area (Å²) >= 11 is 0. The highest BCUT2D eigenvalue weighted by Crippen LogP contribution is 2.26. The first-order valence-corrected chi connectivity index (χ1v) is 11.4. The van der Waals surface area contributed by atoms with E-state index in [-0.39, 0.29) is 24.2 Å². The van der Waals surface area contributed by atoms with Gasteiger partial charge in [0, 0.05) is 38.2 Å². The molecule has 0 radical (unpaired) electrons. The highest BCUT2D eigenvalue weighted by molar-refractivity contribution is 5.89. The van der Waals surface area contributed by atoms with E-state index in [1.54, 1.807) is 12.0 Å². The fourth-order valence-electron chi connectivity index (χ4n) is 4.37. The molecule has 5 heteroatoms. The van der Waals surface area contributed by atoms with E-state index in [2.05, 4.69) is 12.1 Å². The molecule has 1 fully saturated rings. The van der Waals surface area contributed by atoms with Crippen LogP contribution < -0.4 is 4.74 Å². The zero-order valence-corrected chi connectivity index (χ0v) is 19.0. The molecule has 0 spiro atoms. The molecular formula is C28H30N2O3. The Morgan fingerprint density at radius 3 is 2.27 bits per heavy atom. The number of benzene rings is 3. The van der Waals surface area contributed by atoms with Crippen molar-refractivity contribution in [2.24, 2.45) is 5.92 Å². The van der Waals surface area contributed by atoms with E-state index in [9.17, 15) is 9.59 Å². The van der Waals surface area contributed by atoms with Gasteiger partial charge in [-0.2, -0.15) is 0 Å². The molecule has 1 aliphatic rings. The van der Waals surface area contributed by atoms with Crippen molar-refractivity contribution in [3.8, 4) is 5.75 Å². The standard InChI is InChI=1S/C28H30N2O3/c1-33-26-15-9-8-14-24(26)20-30-21-25(18-27(30)31)28(32)29(19-23-12-6-3-7-13-23)17-16-22-10-4-2-5-11-22/h2-15,25H,16-21H2,1H3/t25-/m0/s1. The van der Waals surface area contributed by atoms with E-state index >= 15 is 0 Å². The summed E-state index contributed by atoms with van der Waals surface area (Å²) in [6.45, 7) is 2.06. The van der Waals surface area contributed by atoms with E-state index in [1.165, 1.54) is 5.56 Å². The third-order valence-electron chi connectivity index (χ3n) is 6.16. The number of amides is 2. The summed E-state index contributed by atoms with van der Waals surface area (Å²) in [5.41, 5.74) is 3.24. The van der Waals surface area contributed by atoms with Gasteiger partial charge in [-0.05, 0) is 23.6 Å². The summed E-state index contributed by atoms with van der Waals surface area (Å²) in [5, 5.41) is 0. The molecule has 0 bridgehead atoms. The minimum absolute atomic E-state index is 0.0157. The molecule has 0 unspecified atom stereocenters. The number of carbonyl (C=O) groups is 2. The third-order valence-corrected chi connectivity index (χ3v) is 6.16. The Hall–Kier alpha value is -3.60. The molecule has 1 atom stereocenters. The average Bonchev–Trinajstić information content (AvgIpc) is 3.23. The lowest BCUT2D eigenvalue weighted by molar-refractivity contribution is -0.136. The Morgan fingerprint density at radius 1 is 0.939 bits per heavy atom. The maximum Gasteiger partial charge on any atom is 0.228 e. The summed E-state index contributed by atoms with van der Waals surface area (Å²) in [5.74, 6) is 0.493. The fraction of sp³-hybridized carbons (Fsp3) is 0.286. The van der Waals surface area contributed by atoms with Gasteiger partial charge in [0.25, 0.3) is 0 Å². The number of ether oxygens (including phenoxy) is 1. The number of hydrogen-bond donors (Lipinski definition) is 0. The molecule has 0 N–H and O–H groups in total. The highest BCUT2D eigenvalue weighted by atomic mass is 16.5. The van der Waals surface area contributed by atoms with Crippen LogP contribution in [0.5, 0.6) is 5.75 Å². The minimum Gasteiger partial charge on any atom is -0.496 e. The van der Waals surface area contributed by atoms with E-state index in [4.69, 9.17) is 4.74 Å². The summed E-state index contributed by atoms with van der Waals surface area (Å²) in [7, 11) is 1.63. The number of rotatable bonds is 9. The quantitative estimate of drug-likeness (QED) is 0.496. The molecule has 0 saturated carbocycles. The Balaban J connectivity index is 1.46. The van der Waals surface area contributed by atoms with Crippen LogP contribution in [0.15, 0.2) is 84.9 Å². The molecule has 0 aromatic heterocycles. The second-order valence-corrected chi connectivity index (χ2v) is 8.47. The number of likely N-dealkylation sites (tertiary alicyclic amines) is 1. The normalized spacial score (nSPS) is 15.5. The van der Waals surface area contributed by atoms with Gasteiger partial charge < -0.3 is 14.5 Å². The van der Waals surface area contributed by atoms with Gasteiger partial charge in [-0.15, -0.1) is 0 Å². The lowest BCUT2D eigenvalue weighted by Gasteiger charge is -2.26. The Kier molecular flexibility index (Phi) is 7.40. The minimum atomic E-state index is -0.327. The number of para-hydroxylation sites is 1. The highest BCUT2D eigenvalue weighted by Gasteiger charge is 2.36. The predicted molar refractivity (Wildman–Crippen MR) is 129 cm³/mol. The molecular weight excluding hydrogens is 412 g/mol. The average molecular weight is 443 g/mol. The summed E-state index contributed by atoms with van der Waals surface area (Å²) in [6, 6.07) is 27.9. The van der Waals surface area contributed by atoms with E-state index < -0.39 is 0 Å². The molecule has 3 aromatic rings. The molecule has 3 aromatic carbocycles.